The Labute approximate surface area is 229 Å². The van der Waals surface area contributed by atoms with Crippen molar-refractivity contribution < 1.29 is 32.3 Å². The molecule has 0 fully saturated rings. The van der Waals surface area contributed by atoms with Gasteiger partial charge in [-0.05, 0) is 88.3 Å². The van der Waals surface area contributed by atoms with Crippen molar-refractivity contribution >= 4 is 14.9 Å². The van der Waals surface area contributed by atoms with Gasteiger partial charge in [-0.15, -0.1) is 0 Å². The second kappa shape index (κ2) is 18.6. The number of hydrogen-bond acceptors (Lipinski definition) is 7. The van der Waals surface area contributed by atoms with Crippen molar-refractivity contribution in [2.75, 3.05) is 46.7 Å². The molecule has 1 amide bonds. The van der Waals surface area contributed by atoms with Crippen LogP contribution in [0.4, 0.5) is 4.79 Å². The van der Waals surface area contributed by atoms with Gasteiger partial charge in [0.15, 0.2) is 0 Å². The van der Waals surface area contributed by atoms with Crippen LogP contribution in [0.2, 0.25) is 6.04 Å². The fraction of sp³-hybridized carbons (Fsp3) is 0.552. The Bertz CT molecular complexity index is 876. The van der Waals surface area contributed by atoms with E-state index in [0.717, 1.165) is 48.3 Å². The lowest BCUT2D eigenvalue weighted by Gasteiger charge is -2.28. The number of carbonyl (C=O) groups excluding carboxylic acids is 1. The summed E-state index contributed by atoms with van der Waals surface area (Å²) in [6, 6.07) is 16.8. The Morgan fingerprint density at radius 2 is 1.24 bits per heavy atom. The Balaban J connectivity index is 1.51. The molecule has 9 heteroatoms. The van der Waals surface area contributed by atoms with E-state index in [4.69, 9.17) is 27.5 Å². The smallest absolute Gasteiger partial charge is 0.497 e. The summed E-state index contributed by atoms with van der Waals surface area (Å²) in [5, 5.41) is 2.80. The van der Waals surface area contributed by atoms with Crippen LogP contribution in [0, 0.1) is 0 Å². The Morgan fingerprint density at radius 3 is 1.76 bits per heavy atom. The van der Waals surface area contributed by atoms with E-state index in [-0.39, 0.29) is 6.09 Å². The predicted molar refractivity (Wildman–Crippen MR) is 152 cm³/mol. The summed E-state index contributed by atoms with van der Waals surface area (Å²) in [6.45, 7) is 9.03. The van der Waals surface area contributed by atoms with Gasteiger partial charge in [0.2, 0.25) is 0 Å². The van der Waals surface area contributed by atoms with Crippen LogP contribution in [-0.4, -0.2) is 61.6 Å². The van der Waals surface area contributed by atoms with Crippen LogP contribution >= 0.6 is 0 Å². The van der Waals surface area contributed by atoms with Gasteiger partial charge < -0.3 is 32.8 Å². The summed E-state index contributed by atoms with van der Waals surface area (Å²) in [7, 11) is -0.996. The summed E-state index contributed by atoms with van der Waals surface area (Å²) in [4.78, 5) is 11.9. The first kappa shape index (κ1) is 31.6. The average molecular weight is 548 g/mol. The molecule has 0 aliphatic heterocycles. The molecular formula is C29H45NO7Si. The number of nitrogens with one attached hydrogen (secondary N) is 1. The standard InChI is InChI=1S/C29H45NO7Si/c1-5-35-38(36-6-2,37-7-3)24-12-21-30-29(31)34-23-11-9-8-10-22-33-28-19-15-26(16-20-28)25-13-17-27(32-4)18-14-25/h13-20H,5-12,21-24H2,1-4H3,(H,30,31). The largest absolute Gasteiger partial charge is 0.500 e. The fourth-order valence-electron chi connectivity index (χ4n) is 3.99. The molecule has 1 N–H and O–H groups in total. The van der Waals surface area contributed by atoms with E-state index in [2.05, 4.69) is 17.4 Å². The number of alkyl carbamates (subject to hydrolysis) is 1. The summed E-state index contributed by atoms with van der Waals surface area (Å²) in [6.07, 6.45) is 4.12. The topological polar surface area (TPSA) is 84.5 Å². The maximum atomic E-state index is 11.9. The SMILES string of the molecule is CCO[Si](CCCNC(=O)OCCCCCCOc1ccc(-c2ccc(OC)cc2)cc1)(OCC)OCC. The molecule has 0 unspecified atom stereocenters. The monoisotopic (exact) mass is 547 g/mol. The number of benzene rings is 2. The van der Waals surface area contributed by atoms with Crippen LogP contribution in [-0.2, 0) is 18.0 Å². The molecule has 212 valence electrons. The van der Waals surface area contributed by atoms with E-state index in [9.17, 15) is 4.79 Å². The molecule has 0 saturated carbocycles. The molecule has 0 bridgehead atoms. The van der Waals surface area contributed by atoms with E-state index >= 15 is 0 Å². The minimum Gasteiger partial charge on any atom is -0.497 e. The van der Waals surface area contributed by atoms with Crippen molar-refractivity contribution in [3.8, 4) is 22.6 Å². The highest BCUT2D eigenvalue weighted by atomic mass is 28.4. The summed E-state index contributed by atoms with van der Waals surface area (Å²) in [5.41, 5.74) is 2.28. The van der Waals surface area contributed by atoms with Crippen LogP contribution < -0.4 is 14.8 Å². The van der Waals surface area contributed by atoms with Crippen LogP contribution in [0.15, 0.2) is 48.5 Å². The number of amides is 1. The zero-order chi connectivity index (χ0) is 27.5. The molecule has 0 spiro atoms. The van der Waals surface area contributed by atoms with Crippen LogP contribution in [0.5, 0.6) is 11.5 Å². The normalized spacial score (nSPS) is 11.3. The fourth-order valence-corrected chi connectivity index (χ4v) is 6.60. The van der Waals surface area contributed by atoms with Gasteiger partial charge in [-0.3, -0.25) is 0 Å². The lowest BCUT2D eigenvalue weighted by molar-refractivity contribution is 0.0706. The molecule has 0 aliphatic carbocycles. The number of methoxy groups -OCH3 is 1. The van der Waals surface area contributed by atoms with Gasteiger partial charge in [0, 0.05) is 32.4 Å². The third-order valence-corrected chi connectivity index (χ3v) is 8.99. The quantitative estimate of drug-likeness (QED) is 0.150. The average Bonchev–Trinajstić information content (AvgIpc) is 2.93. The third-order valence-electron chi connectivity index (χ3n) is 5.84. The second-order valence-electron chi connectivity index (χ2n) is 8.66. The first-order valence-electron chi connectivity index (χ1n) is 13.8. The van der Waals surface area contributed by atoms with E-state index in [1.54, 1.807) is 7.11 Å². The minimum absolute atomic E-state index is 0.386. The van der Waals surface area contributed by atoms with Gasteiger partial charge in [0.25, 0.3) is 0 Å². The lowest BCUT2D eigenvalue weighted by Crippen LogP contribution is -2.46. The molecule has 0 saturated heterocycles. The van der Waals surface area contributed by atoms with Gasteiger partial charge in [0.1, 0.15) is 11.5 Å². The Kier molecular flexibility index (Phi) is 15.5. The number of ether oxygens (including phenoxy) is 3. The van der Waals surface area contributed by atoms with Gasteiger partial charge in [0.05, 0.1) is 20.3 Å². The summed E-state index contributed by atoms with van der Waals surface area (Å²) >= 11 is 0. The van der Waals surface area contributed by atoms with Gasteiger partial charge >= 0.3 is 14.9 Å². The molecule has 8 nitrogen and oxygen atoms in total. The lowest BCUT2D eigenvalue weighted by atomic mass is 10.1. The molecular weight excluding hydrogens is 502 g/mol. The van der Waals surface area contributed by atoms with Gasteiger partial charge in [-0.1, -0.05) is 24.3 Å². The highest BCUT2D eigenvalue weighted by Gasteiger charge is 2.39. The van der Waals surface area contributed by atoms with E-state index in [1.807, 2.05) is 57.2 Å². The second-order valence-corrected chi connectivity index (χ2v) is 11.4. The number of hydrogen-bond donors (Lipinski definition) is 1. The molecule has 0 heterocycles. The van der Waals surface area contributed by atoms with E-state index < -0.39 is 8.80 Å². The zero-order valence-corrected chi connectivity index (χ0v) is 24.5. The third kappa shape index (κ3) is 11.9. The Morgan fingerprint density at radius 1 is 0.711 bits per heavy atom. The van der Waals surface area contributed by atoms with Crippen molar-refractivity contribution in [1.29, 1.82) is 0 Å². The van der Waals surface area contributed by atoms with Crippen molar-refractivity contribution in [2.45, 2.75) is 58.9 Å². The first-order valence-corrected chi connectivity index (χ1v) is 15.7. The Hall–Kier alpha value is -2.59. The maximum Gasteiger partial charge on any atom is 0.500 e. The predicted octanol–water partition coefficient (Wildman–Crippen LogP) is 6.47. The number of unbranched alkanes of at least 4 members (excludes halogenated alkanes) is 3. The molecule has 2 aromatic carbocycles. The molecule has 2 aromatic rings. The van der Waals surface area contributed by atoms with Crippen LogP contribution in [0.25, 0.3) is 11.1 Å². The minimum atomic E-state index is -2.66. The number of rotatable bonds is 20. The first-order chi connectivity index (χ1) is 18.6. The van der Waals surface area contributed by atoms with Crippen LogP contribution in [0.1, 0.15) is 52.9 Å². The van der Waals surface area contributed by atoms with Crippen molar-refractivity contribution in [2.24, 2.45) is 0 Å². The highest BCUT2D eigenvalue weighted by Crippen LogP contribution is 2.24. The van der Waals surface area contributed by atoms with Gasteiger partial charge in [-0.2, -0.15) is 0 Å². The molecule has 2 rings (SSSR count). The van der Waals surface area contributed by atoms with Crippen molar-refractivity contribution in [3.05, 3.63) is 48.5 Å². The van der Waals surface area contributed by atoms with Crippen LogP contribution in [0.3, 0.4) is 0 Å². The summed E-state index contributed by atoms with van der Waals surface area (Å²) < 4.78 is 33.8. The summed E-state index contributed by atoms with van der Waals surface area (Å²) in [5.74, 6) is 1.72. The molecule has 0 aliphatic rings. The molecule has 0 aromatic heterocycles. The van der Waals surface area contributed by atoms with E-state index in [0.29, 0.717) is 52.0 Å². The van der Waals surface area contributed by atoms with Gasteiger partial charge in [-0.25, -0.2) is 4.79 Å². The zero-order valence-electron chi connectivity index (χ0n) is 23.5. The van der Waals surface area contributed by atoms with Crippen molar-refractivity contribution in [3.63, 3.8) is 0 Å². The van der Waals surface area contributed by atoms with Crippen molar-refractivity contribution in [1.82, 2.24) is 5.32 Å². The molecule has 38 heavy (non-hydrogen) atoms. The maximum absolute atomic E-state index is 11.9. The van der Waals surface area contributed by atoms with E-state index in [1.165, 1.54) is 0 Å². The number of carbonyl (C=O) groups is 1. The molecule has 0 radical (unpaired) electrons. The highest BCUT2D eigenvalue weighted by molar-refractivity contribution is 6.60. The molecule has 0 atom stereocenters.